The molecule has 1 aromatic carbocycles. The van der Waals surface area contributed by atoms with E-state index < -0.39 is 24.3 Å². The van der Waals surface area contributed by atoms with E-state index in [0.29, 0.717) is 10.6 Å². The van der Waals surface area contributed by atoms with Crippen molar-refractivity contribution in [1.29, 1.82) is 5.26 Å². The maximum Gasteiger partial charge on any atom is 0.338 e. The van der Waals surface area contributed by atoms with E-state index in [1.807, 2.05) is 6.07 Å². The van der Waals surface area contributed by atoms with E-state index in [0.717, 1.165) is 5.69 Å². The minimum absolute atomic E-state index is 0.365. The lowest BCUT2D eigenvalue weighted by Crippen LogP contribution is -2.19. The standard InChI is InChI=1S/C15H12N2O3S/c1-10-9-21-14(17-10)12(7-16)13(18)8-20-15(19)11-5-3-2-4-6-11/h2-6,9,12H,8H2,1H3/t12-/m1/s1. The number of nitriles is 1. The minimum atomic E-state index is -0.993. The van der Waals surface area contributed by atoms with E-state index >= 15 is 0 Å². The first-order chi connectivity index (χ1) is 10.1. The summed E-state index contributed by atoms with van der Waals surface area (Å²) in [6, 6.07) is 10.3. The molecule has 1 heterocycles. The SMILES string of the molecule is Cc1csc([C@H](C#N)C(=O)COC(=O)c2ccccc2)n1. The number of ether oxygens (including phenoxy) is 1. The van der Waals surface area contributed by atoms with Gasteiger partial charge in [-0.15, -0.1) is 11.3 Å². The number of hydrogen-bond donors (Lipinski definition) is 0. The third-order valence-electron chi connectivity index (χ3n) is 2.69. The van der Waals surface area contributed by atoms with Crippen LogP contribution in [0.1, 0.15) is 27.0 Å². The molecule has 6 heteroatoms. The lowest BCUT2D eigenvalue weighted by molar-refractivity contribution is -0.122. The molecule has 0 fully saturated rings. The fourth-order valence-electron chi connectivity index (χ4n) is 1.65. The molecule has 106 valence electrons. The highest BCUT2D eigenvalue weighted by molar-refractivity contribution is 7.09. The first kappa shape index (κ1) is 14.9. The van der Waals surface area contributed by atoms with Crippen LogP contribution in [-0.2, 0) is 9.53 Å². The molecule has 2 rings (SSSR count). The average molecular weight is 300 g/mol. The molecule has 0 saturated carbocycles. The van der Waals surface area contributed by atoms with Crippen molar-refractivity contribution >= 4 is 23.1 Å². The average Bonchev–Trinajstić information content (AvgIpc) is 2.92. The summed E-state index contributed by atoms with van der Waals surface area (Å²) in [6.45, 7) is 1.35. The van der Waals surface area contributed by atoms with Crippen LogP contribution in [0.3, 0.4) is 0 Å². The smallest absolute Gasteiger partial charge is 0.338 e. The van der Waals surface area contributed by atoms with Crippen LogP contribution in [0.15, 0.2) is 35.7 Å². The number of aryl methyl sites for hydroxylation is 1. The molecule has 0 aliphatic carbocycles. The molecule has 0 bridgehead atoms. The van der Waals surface area contributed by atoms with Crippen molar-refractivity contribution in [2.24, 2.45) is 0 Å². The molecule has 0 aliphatic rings. The molecule has 0 N–H and O–H groups in total. The van der Waals surface area contributed by atoms with E-state index in [2.05, 4.69) is 4.98 Å². The predicted molar refractivity (Wildman–Crippen MR) is 76.9 cm³/mol. The normalized spacial score (nSPS) is 11.4. The van der Waals surface area contributed by atoms with Gasteiger partial charge in [-0.25, -0.2) is 9.78 Å². The van der Waals surface area contributed by atoms with Crippen LogP contribution in [-0.4, -0.2) is 23.3 Å². The summed E-state index contributed by atoms with van der Waals surface area (Å²) in [6.07, 6.45) is 0. The van der Waals surface area contributed by atoms with Crippen LogP contribution in [0.4, 0.5) is 0 Å². The maximum atomic E-state index is 12.0. The molecule has 21 heavy (non-hydrogen) atoms. The number of benzene rings is 1. The molecule has 0 saturated heterocycles. The van der Waals surface area contributed by atoms with Gasteiger partial charge in [0.15, 0.2) is 18.3 Å². The Balaban J connectivity index is 1.98. The predicted octanol–water partition coefficient (Wildman–Crippen LogP) is 2.48. The van der Waals surface area contributed by atoms with Crippen LogP contribution in [0.25, 0.3) is 0 Å². The number of rotatable bonds is 5. The third kappa shape index (κ3) is 3.74. The number of ketones is 1. The van der Waals surface area contributed by atoms with Crippen LogP contribution >= 0.6 is 11.3 Å². The van der Waals surface area contributed by atoms with Crippen molar-refractivity contribution in [3.05, 3.63) is 52.0 Å². The highest BCUT2D eigenvalue weighted by Gasteiger charge is 2.24. The molecule has 2 aromatic rings. The van der Waals surface area contributed by atoms with Crippen LogP contribution in [0.2, 0.25) is 0 Å². The summed E-state index contributed by atoms with van der Waals surface area (Å²) in [5.41, 5.74) is 1.12. The summed E-state index contributed by atoms with van der Waals surface area (Å²) in [5, 5.41) is 11.3. The quantitative estimate of drug-likeness (QED) is 0.792. The largest absolute Gasteiger partial charge is 0.454 e. The van der Waals surface area contributed by atoms with Crippen molar-refractivity contribution in [3.8, 4) is 6.07 Å². The Morgan fingerprint density at radius 1 is 1.38 bits per heavy atom. The summed E-state index contributed by atoms with van der Waals surface area (Å²) in [7, 11) is 0. The Bertz CT molecular complexity index is 688. The zero-order valence-electron chi connectivity index (χ0n) is 11.3. The summed E-state index contributed by atoms with van der Waals surface area (Å²) in [4.78, 5) is 27.8. The second-order valence-electron chi connectivity index (χ2n) is 4.30. The third-order valence-corrected chi connectivity index (χ3v) is 3.72. The number of carbonyl (C=O) groups is 2. The number of Topliss-reactive ketones (excluding diaryl/α,β-unsaturated/α-hetero) is 1. The summed E-state index contributed by atoms with van der Waals surface area (Å²) < 4.78 is 4.94. The van der Waals surface area contributed by atoms with Crippen molar-refractivity contribution < 1.29 is 14.3 Å². The minimum Gasteiger partial charge on any atom is -0.454 e. The van der Waals surface area contributed by atoms with E-state index in [9.17, 15) is 9.59 Å². The summed E-state index contributed by atoms with van der Waals surface area (Å²) in [5.74, 6) is -2.06. The van der Waals surface area contributed by atoms with Crippen molar-refractivity contribution in [2.75, 3.05) is 6.61 Å². The Morgan fingerprint density at radius 3 is 2.67 bits per heavy atom. The topological polar surface area (TPSA) is 80.0 Å². The molecule has 0 amide bonds. The molecule has 5 nitrogen and oxygen atoms in total. The van der Waals surface area contributed by atoms with Crippen molar-refractivity contribution in [1.82, 2.24) is 4.98 Å². The van der Waals surface area contributed by atoms with Crippen molar-refractivity contribution in [3.63, 3.8) is 0 Å². The van der Waals surface area contributed by atoms with E-state index in [1.54, 1.807) is 42.6 Å². The van der Waals surface area contributed by atoms with E-state index in [4.69, 9.17) is 10.00 Å². The first-order valence-corrected chi connectivity index (χ1v) is 7.06. The monoisotopic (exact) mass is 300 g/mol. The first-order valence-electron chi connectivity index (χ1n) is 6.18. The van der Waals surface area contributed by atoms with Gasteiger partial charge in [0.05, 0.1) is 11.6 Å². The zero-order valence-corrected chi connectivity index (χ0v) is 12.1. The fourth-order valence-corrected chi connectivity index (χ4v) is 2.51. The van der Waals surface area contributed by atoms with E-state index in [1.165, 1.54) is 11.3 Å². The van der Waals surface area contributed by atoms with Gasteiger partial charge in [-0.1, -0.05) is 18.2 Å². The number of hydrogen-bond acceptors (Lipinski definition) is 6. The van der Waals surface area contributed by atoms with Gasteiger partial charge in [0.25, 0.3) is 0 Å². The maximum absolute atomic E-state index is 12.0. The molecule has 0 unspecified atom stereocenters. The van der Waals surface area contributed by atoms with Gasteiger partial charge in [0.1, 0.15) is 5.01 Å². The van der Waals surface area contributed by atoms with Crippen molar-refractivity contribution in [2.45, 2.75) is 12.8 Å². The number of esters is 1. The molecule has 1 atom stereocenters. The van der Waals surface area contributed by atoms with Gasteiger partial charge in [0.2, 0.25) is 0 Å². The van der Waals surface area contributed by atoms with Crippen LogP contribution in [0.5, 0.6) is 0 Å². The lowest BCUT2D eigenvalue weighted by Gasteiger charge is -2.06. The van der Waals surface area contributed by atoms with Gasteiger partial charge in [-0.3, -0.25) is 4.79 Å². The molecule has 0 aliphatic heterocycles. The van der Waals surface area contributed by atoms with E-state index in [-0.39, 0.29) is 0 Å². The van der Waals surface area contributed by atoms with Gasteiger partial charge in [-0.2, -0.15) is 5.26 Å². The van der Waals surface area contributed by atoms with Gasteiger partial charge < -0.3 is 4.74 Å². The Kier molecular flexibility index (Phi) is 4.80. The number of carbonyl (C=O) groups excluding carboxylic acids is 2. The molecular formula is C15H12N2O3S. The Labute approximate surface area is 125 Å². The molecular weight excluding hydrogens is 288 g/mol. The summed E-state index contributed by atoms with van der Waals surface area (Å²) >= 11 is 1.25. The Morgan fingerprint density at radius 2 is 2.10 bits per heavy atom. The molecule has 1 aromatic heterocycles. The number of aromatic nitrogens is 1. The number of thiazole rings is 1. The van der Waals surface area contributed by atoms with Crippen LogP contribution < -0.4 is 0 Å². The highest BCUT2D eigenvalue weighted by atomic mass is 32.1. The lowest BCUT2D eigenvalue weighted by atomic mass is 10.1. The van der Waals surface area contributed by atoms with Gasteiger partial charge >= 0.3 is 5.97 Å². The Hall–Kier alpha value is -2.52. The molecule has 0 radical (unpaired) electrons. The van der Waals surface area contributed by atoms with Gasteiger partial charge in [0, 0.05) is 11.1 Å². The second-order valence-corrected chi connectivity index (χ2v) is 5.19. The second kappa shape index (κ2) is 6.77. The number of nitrogens with zero attached hydrogens (tertiary/aromatic N) is 2. The molecule has 0 spiro atoms. The van der Waals surface area contributed by atoms with Crippen LogP contribution in [0, 0.1) is 18.3 Å². The highest BCUT2D eigenvalue weighted by Crippen LogP contribution is 2.20. The van der Waals surface area contributed by atoms with Gasteiger partial charge in [-0.05, 0) is 19.1 Å². The fraction of sp³-hybridized carbons (Fsp3) is 0.200. The zero-order chi connectivity index (χ0) is 15.2.